The molecule has 106 valence electrons. The second-order valence-electron chi connectivity index (χ2n) is 4.78. The number of ether oxygens (including phenoxy) is 1. The summed E-state index contributed by atoms with van der Waals surface area (Å²) in [6.07, 6.45) is 0. The van der Waals surface area contributed by atoms with E-state index in [4.69, 9.17) is 10.6 Å². The maximum Gasteiger partial charge on any atom is 0.132 e. The van der Waals surface area contributed by atoms with Crippen LogP contribution in [0.2, 0.25) is 0 Å². The molecule has 20 heavy (non-hydrogen) atoms. The second-order valence-corrected chi connectivity index (χ2v) is 4.78. The minimum atomic E-state index is -0.388. The van der Waals surface area contributed by atoms with E-state index >= 15 is 0 Å². The maximum atomic E-state index is 14.2. The van der Waals surface area contributed by atoms with Crippen molar-refractivity contribution in [3.05, 3.63) is 64.5 Å². The van der Waals surface area contributed by atoms with Gasteiger partial charge in [0.15, 0.2) is 0 Å². The van der Waals surface area contributed by atoms with E-state index in [0.29, 0.717) is 11.3 Å². The minimum Gasteiger partial charge on any atom is -0.497 e. The highest BCUT2D eigenvalue weighted by molar-refractivity contribution is 5.42. The van der Waals surface area contributed by atoms with Gasteiger partial charge in [-0.05, 0) is 36.6 Å². The molecule has 0 aliphatic rings. The Bertz CT molecular complexity index is 613. The summed E-state index contributed by atoms with van der Waals surface area (Å²) in [7, 11) is 1.51. The summed E-state index contributed by atoms with van der Waals surface area (Å²) in [5.74, 6) is 5.80. The average Bonchev–Trinajstić information content (AvgIpc) is 2.45. The monoisotopic (exact) mass is 274 g/mol. The Labute approximate surface area is 118 Å². The molecule has 0 bridgehead atoms. The van der Waals surface area contributed by atoms with E-state index in [1.165, 1.54) is 13.2 Å². The van der Waals surface area contributed by atoms with Gasteiger partial charge in [-0.15, -0.1) is 0 Å². The van der Waals surface area contributed by atoms with E-state index in [-0.39, 0.29) is 11.9 Å². The van der Waals surface area contributed by atoms with Crippen molar-refractivity contribution in [3.8, 4) is 5.75 Å². The van der Waals surface area contributed by atoms with Gasteiger partial charge in [-0.2, -0.15) is 0 Å². The van der Waals surface area contributed by atoms with Crippen LogP contribution in [-0.2, 0) is 0 Å². The summed E-state index contributed by atoms with van der Waals surface area (Å²) in [6, 6.07) is 10.3. The molecular formula is C16H19FN2O. The molecule has 0 aliphatic heterocycles. The van der Waals surface area contributed by atoms with Crippen molar-refractivity contribution in [2.75, 3.05) is 7.11 Å². The van der Waals surface area contributed by atoms with Gasteiger partial charge in [0.25, 0.3) is 0 Å². The quantitative estimate of drug-likeness (QED) is 0.665. The zero-order chi connectivity index (χ0) is 14.7. The number of aryl methyl sites for hydroxylation is 1. The van der Waals surface area contributed by atoms with Gasteiger partial charge in [-0.25, -0.2) is 9.82 Å². The highest BCUT2D eigenvalue weighted by Gasteiger charge is 2.19. The number of rotatable bonds is 4. The van der Waals surface area contributed by atoms with Gasteiger partial charge < -0.3 is 4.74 Å². The van der Waals surface area contributed by atoms with E-state index in [1.54, 1.807) is 12.1 Å². The molecule has 0 saturated heterocycles. The number of halogens is 1. The van der Waals surface area contributed by atoms with Crippen molar-refractivity contribution in [1.29, 1.82) is 0 Å². The Morgan fingerprint density at radius 2 is 1.90 bits per heavy atom. The molecule has 2 aromatic rings. The first kappa shape index (κ1) is 14.5. The van der Waals surface area contributed by atoms with Crippen LogP contribution in [0.3, 0.4) is 0 Å². The molecule has 1 unspecified atom stereocenters. The topological polar surface area (TPSA) is 47.3 Å². The average molecular weight is 274 g/mol. The fourth-order valence-corrected chi connectivity index (χ4v) is 2.30. The molecule has 4 heteroatoms. The molecule has 3 N–H and O–H groups in total. The lowest BCUT2D eigenvalue weighted by Crippen LogP contribution is -2.30. The fraction of sp³-hybridized carbons (Fsp3) is 0.250. The summed E-state index contributed by atoms with van der Waals surface area (Å²) in [5, 5.41) is 0. The standard InChI is InChI=1S/C16H19FN2O/c1-10-5-4-6-13(11(10)2)16(19-18)14-8-7-12(20-3)9-15(14)17/h4-9,16,19H,18H2,1-3H3. The van der Waals surface area contributed by atoms with Crippen LogP contribution in [0.1, 0.15) is 28.3 Å². The normalized spacial score (nSPS) is 12.2. The number of benzene rings is 2. The van der Waals surface area contributed by atoms with E-state index < -0.39 is 0 Å². The van der Waals surface area contributed by atoms with Crippen LogP contribution in [0.25, 0.3) is 0 Å². The Balaban J connectivity index is 2.50. The van der Waals surface area contributed by atoms with Crippen molar-refractivity contribution >= 4 is 0 Å². The van der Waals surface area contributed by atoms with Crippen LogP contribution in [0.4, 0.5) is 4.39 Å². The number of methoxy groups -OCH3 is 1. The third-order valence-corrected chi connectivity index (χ3v) is 3.64. The van der Waals surface area contributed by atoms with Crippen LogP contribution in [0, 0.1) is 19.7 Å². The second kappa shape index (κ2) is 6.03. The van der Waals surface area contributed by atoms with Gasteiger partial charge in [0.05, 0.1) is 13.2 Å². The van der Waals surface area contributed by atoms with Crippen LogP contribution in [0.5, 0.6) is 5.75 Å². The van der Waals surface area contributed by atoms with Crippen LogP contribution in [0.15, 0.2) is 36.4 Å². The van der Waals surface area contributed by atoms with Crippen molar-refractivity contribution in [2.24, 2.45) is 5.84 Å². The summed E-state index contributed by atoms with van der Waals surface area (Å²) in [5.41, 5.74) is 6.42. The Hall–Kier alpha value is -1.91. The smallest absolute Gasteiger partial charge is 0.132 e. The number of nitrogens with two attached hydrogens (primary N) is 1. The Morgan fingerprint density at radius 1 is 1.15 bits per heavy atom. The first-order valence-corrected chi connectivity index (χ1v) is 6.44. The summed E-state index contributed by atoms with van der Waals surface area (Å²) < 4.78 is 19.2. The van der Waals surface area contributed by atoms with Gasteiger partial charge in [-0.3, -0.25) is 5.84 Å². The molecule has 2 rings (SSSR count). The lowest BCUT2D eigenvalue weighted by atomic mass is 9.93. The molecule has 1 atom stereocenters. The third kappa shape index (κ3) is 2.66. The number of hydrogen-bond donors (Lipinski definition) is 2. The highest BCUT2D eigenvalue weighted by atomic mass is 19.1. The third-order valence-electron chi connectivity index (χ3n) is 3.64. The van der Waals surface area contributed by atoms with Crippen LogP contribution >= 0.6 is 0 Å². The number of hydrazine groups is 1. The molecule has 0 aliphatic carbocycles. The van der Waals surface area contributed by atoms with Crippen LogP contribution < -0.4 is 16.0 Å². The lowest BCUT2D eigenvalue weighted by molar-refractivity contribution is 0.410. The fourth-order valence-electron chi connectivity index (χ4n) is 2.30. The first-order chi connectivity index (χ1) is 9.58. The Morgan fingerprint density at radius 3 is 2.50 bits per heavy atom. The Kier molecular flexibility index (Phi) is 4.37. The van der Waals surface area contributed by atoms with Gasteiger partial charge >= 0.3 is 0 Å². The minimum absolute atomic E-state index is 0.340. The first-order valence-electron chi connectivity index (χ1n) is 6.44. The summed E-state index contributed by atoms with van der Waals surface area (Å²) >= 11 is 0. The molecular weight excluding hydrogens is 255 g/mol. The number of hydrogen-bond acceptors (Lipinski definition) is 3. The predicted molar refractivity (Wildman–Crippen MR) is 78.0 cm³/mol. The molecule has 0 fully saturated rings. The molecule has 3 nitrogen and oxygen atoms in total. The molecule has 0 amide bonds. The zero-order valence-corrected chi connectivity index (χ0v) is 11.9. The predicted octanol–water partition coefficient (Wildman–Crippen LogP) is 3.00. The van der Waals surface area contributed by atoms with E-state index in [0.717, 1.165) is 16.7 Å². The molecule has 0 spiro atoms. The van der Waals surface area contributed by atoms with Gasteiger partial charge in [0.2, 0.25) is 0 Å². The number of nitrogens with one attached hydrogen (secondary N) is 1. The van der Waals surface area contributed by atoms with Crippen molar-refractivity contribution < 1.29 is 9.13 Å². The summed E-state index contributed by atoms with van der Waals surface area (Å²) in [6.45, 7) is 4.03. The van der Waals surface area contributed by atoms with Crippen molar-refractivity contribution in [3.63, 3.8) is 0 Å². The van der Waals surface area contributed by atoms with Crippen molar-refractivity contribution in [2.45, 2.75) is 19.9 Å². The van der Waals surface area contributed by atoms with Gasteiger partial charge in [0, 0.05) is 11.6 Å². The summed E-state index contributed by atoms with van der Waals surface area (Å²) in [4.78, 5) is 0. The maximum absolute atomic E-state index is 14.2. The largest absolute Gasteiger partial charge is 0.497 e. The van der Waals surface area contributed by atoms with E-state index in [2.05, 4.69) is 5.43 Å². The highest BCUT2D eigenvalue weighted by Crippen LogP contribution is 2.29. The van der Waals surface area contributed by atoms with Gasteiger partial charge in [-0.1, -0.05) is 24.3 Å². The SMILES string of the molecule is COc1ccc(C(NN)c2cccc(C)c2C)c(F)c1. The van der Waals surface area contributed by atoms with Gasteiger partial charge in [0.1, 0.15) is 11.6 Å². The zero-order valence-electron chi connectivity index (χ0n) is 11.9. The molecule has 0 heterocycles. The molecule has 2 aromatic carbocycles. The lowest BCUT2D eigenvalue weighted by Gasteiger charge is -2.21. The van der Waals surface area contributed by atoms with Crippen LogP contribution in [-0.4, -0.2) is 7.11 Å². The van der Waals surface area contributed by atoms with E-state index in [9.17, 15) is 4.39 Å². The molecule has 0 saturated carbocycles. The molecule has 0 aromatic heterocycles. The molecule has 0 radical (unpaired) electrons. The van der Waals surface area contributed by atoms with E-state index in [1.807, 2.05) is 32.0 Å². The van der Waals surface area contributed by atoms with Crippen molar-refractivity contribution in [1.82, 2.24) is 5.43 Å².